The number of nitrogens with zero attached hydrogens (tertiary/aromatic N) is 4. The maximum absolute atomic E-state index is 12.6. The largest absolute Gasteiger partial charge is 0.495 e. The van der Waals surface area contributed by atoms with E-state index < -0.39 is 11.9 Å². The molecule has 2 aromatic heterocycles. The van der Waals surface area contributed by atoms with Gasteiger partial charge in [0.1, 0.15) is 17.0 Å². The van der Waals surface area contributed by atoms with E-state index in [1.807, 2.05) is 0 Å². The van der Waals surface area contributed by atoms with E-state index in [2.05, 4.69) is 21.3 Å². The Hall–Kier alpha value is -2.35. The highest BCUT2D eigenvalue weighted by molar-refractivity contribution is 6.36. The predicted molar refractivity (Wildman–Crippen MR) is 72.1 cm³/mol. The quantitative estimate of drug-likeness (QED) is 0.724. The number of alkyl halides is 3. The lowest BCUT2D eigenvalue weighted by atomic mass is 10.2. The number of hydrogen-bond donors (Lipinski definition) is 0. The molecule has 0 fully saturated rings. The molecular weight excluding hydrogens is 321 g/mol. The summed E-state index contributed by atoms with van der Waals surface area (Å²) < 4.78 is 43.7. The maximum Gasteiger partial charge on any atom is 0.435 e. The molecule has 1 aromatic carbocycles. The molecule has 5 nitrogen and oxygen atoms in total. The zero-order valence-electron chi connectivity index (χ0n) is 11.0. The van der Waals surface area contributed by atoms with Crippen LogP contribution in [0.15, 0.2) is 24.4 Å². The molecule has 9 heteroatoms. The standard InChI is InChI=1S/C13H7ClF3N4O/c1-22-8-3-2-7-6-18-12(19-11(7)10(8)14)21-5-4-9(20-21)13(15,16)17/h2-5H,1H3. The lowest BCUT2D eigenvalue weighted by molar-refractivity contribution is -0.141. The van der Waals surface area contributed by atoms with Crippen LogP contribution in [0.25, 0.3) is 16.9 Å². The fourth-order valence-electron chi connectivity index (χ4n) is 1.83. The number of halogens is 4. The summed E-state index contributed by atoms with van der Waals surface area (Å²) in [5, 5.41) is 4.14. The zero-order chi connectivity index (χ0) is 15.9. The van der Waals surface area contributed by atoms with Crippen LogP contribution in [0.1, 0.15) is 5.69 Å². The van der Waals surface area contributed by atoms with Crippen LogP contribution in [-0.4, -0.2) is 26.9 Å². The van der Waals surface area contributed by atoms with Gasteiger partial charge in [-0.2, -0.15) is 18.3 Å². The van der Waals surface area contributed by atoms with Crippen molar-refractivity contribution in [3.05, 3.63) is 41.3 Å². The third-order valence-corrected chi connectivity index (χ3v) is 3.24. The summed E-state index contributed by atoms with van der Waals surface area (Å²) in [6, 6.07) is 4.11. The molecule has 113 valence electrons. The van der Waals surface area contributed by atoms with Crippen LogP contribution >= 0.6 is 11.6 Å². The van der Waals surface area contributed by atoms with Crippen LogP contribution in [0.4, 0.5) is 13.2 Å². The maximum atomic E-state index is 12.6. The molecule has 22 heavy (non-hydrogen) atoms. The van der Waals surface area contributed by atoms with E-state index in [4.69, 9.17) is 16.3 Å². The van der Waals surface area contributed by atoms with Crippen molar-refractivity contribution in [3.63, 3.8) is 0 Å². The lowest BCUT2D eigenvalue weighted by Gasteiger charge is -2.07. The number of methoxy groups -OCH3 is 1. The summed E-state index contributed by atoms with van der Waals surface area (Å²) in [6.45, 7) is 0. The van der Waals surface area contributed by atoms with Gasteiger partial charge in [-0.25, -0.2) is 14.6 Å². The van der Waals surface area contributed by atoms with Crippen LogP contribution in [0.5, 0.6) is 5.75 Å². The summed E-state index contributed by atoms with van der Waals surface area (Å²) in [7, 11) is 1.45. The van der Waals surface area contributed by atoms with Crippen LogP contribution in [0.3, 0.4) is 0 Å². The van der Waals surface area contributed by atoms with E-state index in [1.54, 1.807) is 12.1 Å². The van der Waals surface area contributed by atoms with Crippen molar-refractivity contribution in [2.45, 2.75) is 6.18 Å². The first kappa shape index (κ1) is 14.6. The Balaban J connectivity index is 2.12. The third-order valence-electron chi connectivity index (χ3n) is 2.87. The van der Waals surface area contributed by atoms with Gasteiger partial charge in [-0.1, -0.05) is 11.6 Å². The molecule has 0 saturated carbocycles. The molecule has 0 N–H and O–H groups in total. The van der Waals surface area contributed by atoms with Gasteiger partial charge in [0.15, 0.2) is 5.69 Å². The van der Waals surface area contributed by atoms with Gasteiger partial charge in [0, 0.05) is 11.6 Å². The Morgan fingerprint density at radius 1 is 1.27 bits per heavy atom. The summed E-state index contributed by atoms with van der Waals surface area (Å²) in [5.74, 6) is 0.321. The van der Waals surface area contributed by atoms with Gasteiger partial charge in [-0.15, -0.1) is 0 Å². The molecule has 0 bridgehead atoms. The smallest absolute Gasteiger partial charge is 0.435 e. The van der Waals surface area contributed by atoms with Crippen molar-refractivity contribution in [1.29, 1.82) is 0 Å². The monoisotopic (exact) mass is 327 g/mol. The van der Waals surface area contributed by atoms with Gasteiger partial charge in [-0.05, 0) is 18.2 Å². The van der Waals surface area contributed by atoms with Gasteiger partial charge in [-0.3, -0.25) is 0 Å². The fourth-order valence-corrected chi connectivity index (χ4v) is 2.11. The van der Waals surface area contributed by atoms with E-state index in [0.29, 0.717) is 16.7 Å². The lowest BCUT2D eigenvalue weighted by Crippen LogP contribution is -2.08. The van der Waals surface area contributed by atoms with Crippen molar-refractivity contribution < 1.29 is 17.9 Å². The molecule has 0 atom stereocenters. The van der Waals surface area contributed by atoms with Crippen LogP contribution < -0.4 is 4.74 Å². The van der Waals surface area contributed by atoms with Gasteiger partial charge < -0.3 is 4.74 Å². The summed E-state index contributed by atoms with van der Waals surface area (Å²) in [6.07, 6.45) is -0.755. The van der Waals surface area contributed by atoms with Crippen LogP contribution in [0.2, 0.25) is 5.02 Å². The molecular formula is C13H7ClF3N4O. The van der Waals surface area contributed by atoms with Crippen molar-refractivity contribution in [2.75, 3.05) is 7.11 Å². The second kappa shape index (κ2) is 5.13. The Morgan fingerprint density at radius 2 is 2.05 bits per heavy atom. The van der Waals surface area contributed by atoms with Gasteiger partial charge in [0.2, 0.25) is 0 Å². The zero-order valence-corrected chi connectivity index (χ0v) is 11.8. The minimum atomic E-state index is -4.54. The SMILES string of the molecule is COc1ccc2[c]nc(-n3ccc(C(F)(F)F)n3)nc2c1Cl. The van der Waals surface area contributed by atoms with Crippen molar-refractivity contribution in [3.8, 4) is 11.7 Å². The normalized spacial score (nSPS) is 11.9. The molecule has 0 unspecified atom stereocenters. The number of ether oxygens (including phenoxy) is 1. The highest BCUT2D eigenvalue weighted by atomic mass is 35.5. The van der Waals surface area contributed by atoms with E-state index in [1.165, 1.54) is 7.11 Å². The van der Waals surface area contributed by atoms with Crippen molar-refractivity contribution in [2.24, 2.45) is 0 Å². The highest BCUT2D eigenvalue weighted by Crippen LogP contribution is 2.31. The topological polar surface area (TPSA) is 52.8 Å². The Bertz CT molecular complexity index is 847. The molecule has 0 saturated heterocycles. The first-order chi connectivity index (χ1) is 10.4. The van der Waals surface area contributed by atoms with E-state index in [0.717, 1.165) is 16.9 Å². The third kappa shape index (κ3) is 2.45. The van der Waals surface area contributed by atoms with E-state index in [-0.39, 0.29) is 11.0 Å². The molecule has 0 amide bonds. The predicted octanol–water partition coefficient (Wildman–Crippen LogP) is 3.30. The average Bonchev–Trinajstić information content (AvgIpc) is 2.97. The molecule has 1 radical (unpaired) electrons. The Labute approximate surface area is 127 Å². The van der Waals surface area contributed by atoms with Gasteiger partial charge >= 0.3 is 6.18 Å². The van der Waals surface area contributed by atoms with Crippen molar-refractivity contribution in [1.82, 2.24) is 19.7 Å². The van der Waals surface area contributed by atoms with Crippen LogP contribution in [0, 0.1) is 6.20 Å². The first-order valence-electron chi connectivity index (χ1n) is 5.95. The van der Waals surface area contributed by atoms with Gasteiger partial charge in [0.05, 0.1) is 12.6 Å². The highest BCUT2D eigenvalue weighted by Gasteiger charge is 2.33. The minimum Gasteiger partial charge on any atom is -0.495 e. The second-order valence-corrected chi connectivity index (χ2v) is 4.63. The summed E-state index contributed by atoms with van der Waals surface area (Å²) in [5.41, 5.74) is -0.719. The molecule has 0 aliphatic rings. The fraction of sp³-hybridized carbons (Fsp3) is 0.154. The Kier molecular flexibility index (Phi) is 3.40. The molecule has 3 rings (SSSR count). The number of aromatic nitrogens is 4. The number of fused-ring (bicyclic) bond motifs is 1. The molecule has 0 spiro atoms. The minimum absolute atomic E-state index is 0.0712. The number of benzene rings is 1. The molecule has 0 aliphatic carbocycles. The van der Waals surface area contributed by atoms with E-state index in [9.17, 15) is 13.2 Å². The summed E-state index contributed by atoms with van der Waals surface area (Å²) in [4.78, 5) is 7.99. The average molecular weight is 328 g/mol. The summed E-state index contributed by atoms with van der Waals surface area (Å²) >= 11 is 6.13. The Morgan fingerprint density at radius 3 is 2.68 bits per heavy atom. The molecule has 2 heterocycles. The first-order valence-corrected chi connectivity index (χ1v) is 6.33. The number of rotatable bonds is 2. The van der Waals surface area contributed by atoms with Crippen molar-refractivity contribution >= 4 is 22.5 Å². The second-order valence-electron chi connectivity index (χ2n) is 4.26. The molecule has 3 aromatic rings. The van der Waals surface area contributed by atoms with Gasteiger partial charge in [0.25, 0.3) is 5.95 Å². The number of hydrogen-bond acceptors (Lipinski definition) is 4. The van der Waals surface area contributed by atoms with Crippen LogP contribution in [-0.2, 0) is 6.18 Å². The van der Waals surface area contributed by atoms with E-state index >= 15 is 0 Å². The molecule has 0 aliphatic heterocycles.